The SMILES string of the molecule is CN(CCc1ccc(F)cc1)C(=O)c1csc2c1CCCC2N=O. The monoisotopic (exact) mass is 346 g/mol. The third kappa shape index (κ3) is 3.38. The van der Waals surface area contributed by atoms with Gasteiger partial charge in [0, 0.05) is 23.8 Å². The fourth-order valence-electron chi connectivity index (χ4n) is 3.07. The normalized spacial score (nSPS) is 16.5. The number of carbonyl (C=O) groups is 1. The van der Waals surface area contributed by atoms with Crippen LogP contribution in [-0.4, -0.2) is 24.4 Å². The van der Waals surface area contributed by atoms with E-state index >= 15 is 0 Å². The fourth-order valence-corrected chi connectivity index (χ4v) is 4.23. The maximum Gasteiger partial charge on any atom is 0.254 e. The lowest BCUT2D eigenvalue weighted by Gasteiger charge is -2.20. The molecule has 0 spiro atoms. The topological polar surface area (TPSA) is 49.7 Å². The van der Waals surface area contributed by atoms with E-state index in [1.54, 1.807) is 24.1 Å². The second-order valence-corrected chi connectivity index (χ2v) is 7.02. The van der Waals surface area contributed by atoms with Crippen LogP contribution in [0.4, 0.5) is 4.39 Å². The number of rotatable bonds is 5. The highest BCUT2D eigenvalue weighted by Gasteiger charge is 2.28. The summed E-state index contributed by atoms with van der Waals surface area (Å²) in [5.74, 6) is -0.285. The quantitative estimate of drug-likeness (QED) is 0.756. The summed E-state index contributed by atoms with van der Waals surface area (Å²) in [6, 6.07) is 6.03. The Morgan fingerprint density at radius 2 is 2.12 bits per heavy atom. The highest BCUT2D eigenvalue weighted by atomic mass is 32.1. The molecule has 1 aliphatic carbocycles. The Kier molecular flexibility index (Phi) is 5.04. The molecule has 4 nitrogen and oxygen atoms in total. The molecule has 1 heterocycles. The Hall–Kier alpha value is -2.08. The van der Waals surface area contributed by atoms with Crippen molar-refractivity contribution in [2.24, 2.45) is 5.18 Å². The lowest BCUT2D eigenvalue weighted by molar-refractivity contribution is 0.0796. The molecule has 2 aromatic rings. The summed E-state index contributed by atoms with van der Waals surface area (Å²) in [5, 5.41) is 5.05. The maximum atomic E-state index is 12.9. The number of amides is 1. The summed E-state index contributed by atoms with van der Waals surface area (Å²) in [4.78, 5) is 26.3. The average molecular weight is 346 g/mol. The maximum absolute atomic E-state index is 12.9. The van der Waals surface area contributed by atoms with Crippen molar-refractivity contribution in [1.82, 2.24) is 4.90 Å². The standard InChI is InChI=1S/C18H19FN2O2S/c1-21(10-9-12-5-7-13(19)8-6-12)18(22)15-11-24-17-14(15)3-2-4-16(17)20-23/h5-8,11,16H,2-4,9-10H2,1H3. The highest BCUT2D eigenvalue weighted by Crippen LogP contribution is 2.39. The molecule has 0 saturated heterocycles. The summed E-state index contributed by atoms with van der Waals surface area (Å²) in [5.41, 5.74) is 2.69. The molecule has 1 atom stereocenters. The van der Waals surface area contributed by atoms with Gasteiger partial charge in [-0.1, -0.05) is 17.3 Å². The number of benzene rings is 1. The van der Waals surface area contributed by atoms with Crippen LogP contribution < -0.4 is 0 Å². The number of halogens is 1. The van der Waals surface area contributed by atoms with Crippen molar-refractivity contribution in [1.29, 1.82) is 0 Å². The molecule has 6 heteroatoms. The van der Waals surface area contributed by atoms with Crippen LogP contribution in [0, 0.1) is 10.7 Å². The minimum atomic E-state index is -0.301. The highest BCUT2D eigenvalue weighted by molar-refractivity contribution is 7.10. The van der Waals surface area contributed by atoms with Crippen LogP contribution >= 0.6 is 11.3 Å². The van der Waals surface area contributed by atoms with Gasteiger partial charge in [-0.15, -0.1) is 11.3 Å². The molecule has 1 amide bonds. The minimum absolute atomic E-state index is 0.0267. The first-order valence-corrected chi connectivity index (χ1v) is 8.90. The number of hydrogen-bond acceptors (Lipinski definition) is 4. The fraction of sp³-hybridized carbons (Fsp3) is 0.389. The molecule has 0 fully saturated rings. The van der Waals surface area contributed by atoms with Gasteiger partial charge in [0.1, 0.15) is 11.9 Å². The summed E-state index contributed by atoms with van der Waals surface area (Å²) >= 11 is 1.46. The predicted octanol–water partition coefficient (Wildman–Crippen LogP) is 4.35. The second kappa shape index (κ2) is 7.21. The van der Waals surface area contributed by atoms with Gasteiger partial charge in [0.25, 0.3) is 5.91 Å². The predicted molar refractivity (Wildman–Crippen MR) is 92.9 cm³/mol. The molecular formula is C18H19FN2O2S. The van der Waals surface area contributed by atoms with Gasteiger partial charge in [0.2, 0.25) is 0 Å². The molecule has 0 aliphatic heterocycles. The lowest BCUT2D eigenvalue weighted by Crippen LogP contribution is -2.29. The molecule has 0 N–H and O–H groups in total. The summed E-state index contributed by atoms with van der Waals surface area (Å²) in [6.45, 7) is 0.560. The molecule has 1 aromatic heterocycles. The zero-order valence-corrected chi connectivity index (χ0v) is 14.3. The van der Waals surface area contributed by atoms with Crippen LogP contribution in [0.5, 0.6) is 0 Å². The van der Waals surface area contributed by atoms with E-state index in [4.69, 9.17) is 0 Å². The third-order valence-corrected chi connectivity index (χ3v) is 5.61. The third-order valence-electron chi connectivity index (χ3n) is 4.49. The van der Waals surface area contributed by atoms with Gasteiger partial charge in [-0.05, 0) is 48.9 Å². The van der Waals surface area contributed by atoms with Crippen molar-refractivity contribution in [3.05, 3.63) is 61.9 Å². The molecule has 126 valence electrons. The first kappa shape index (κ1) is 16.8. The average Bonchev–Trinajstić information content (AvgIpc) is 3.04. The van der Waals surface area contributed by atoms with Gasteiger partial charge in [-0.25, -0.2) is 4.39 Å². The number of nitroso groups, excluding NO2 is 1. The van der Waals surface area contributed by atoms with Gasteiger partial charge >= 0.3 is 0 Å². The number of nitrogens with zero attached hydrogens (tertiary/aromatic N) is 2. The van der Waals surface area contributed by atoms with Crippen molar-refractivity contribution in [2.75, 3.05) is 13.6 Å². The summed E-state index contributed by atoms with van der Waals surface area (Å²) in [7, 11) is 1.77. The summed E-state index contributed by atoms with van der Waals surface area (Å²) < 4.78 is 12.9. The van der Waals surface area contributed by atoms with Crippen LogP contribution in [0.25, 0.3) is 0 Å². The van der Waals surface area contributed by atoms with Crippen molar-refractivity contribution >= 4 is 17.2 Å². The van der Waals surface area contributed by atoms with Gasteiger partial charge in [0.05, 0.1) is 5.56 Å². The van der Waals surface area contributed by atoms with E-state index in [2.05, 4.69) is 5.18 Å². The van der Waals surface area contributed by atoms with Crippen LogP contribution in [-0.2, 0) is 12.8 Å². The molecule has 1 aliphatic rings. The largest absolute Gasteiger partial charge is 0.341 e. The number of fused-ring (bicyclic) bond motifs is 1. The van der Waals surface area contributed by atoms with Gasteiger partial charge in [0.15, 0.2) is 0 Å². The lowest BCUT2D eigenvalue weighted by atomic mass is 9.92. The summed E-state index contributed by atoms with van der Waals surface area (Å²) in [6.07, 6.45) is 3.16. The Morgan fingerprint density at radius 3 is 2.83 bits per heavy atom. The van der Waals surface area contributed by atoms with Crippen LogP contribution in [0.15, 0.2) is 34.8 Å². The van der Waals surface area contributed by atoms with E-state index in [-0.39, 0.29) is 17.8 Å². The first-order chi connectivity index (χ1) is 11.6. The van der Waals surface area contributed by atoms with Crippen LogP contribution in [0.1, 0.15) is 45.2 Å². The van der Waals surface area contributed by atoms with Gasteiger partial charge in [-0.2, -0.15) is 4.91 Å². The molecule has 0 radical (unpaired) electrons. The van der Waals surface area contributed by atoms with Crippen molar-refractivity contribution in [2.45, 2.75) is 31.7 Å². The molecule has 1 aromatic carbocycles. The number of thiophene rings is 1. The minimum Gasteiger partial charge on any atom is -0.341 e. The van der Waals surface area contributed by atoms with Gasteiger partial charge < -0.3 is 4.90 Å². The zero-order chi connectivity index (χ0) is 17.1. The van der Waals surface area contributed by atoms with E-state index in [0.29, 0.717) is 18.5 Å². The van der Waals surface area contributed by atoms with Crippen LogP contribution in [0.2, 0.25) is 0 Å². The number of likely N-dealkylation sites (N-methyl/N-ethyl adjacent to an activating group) is 1. The molecule has 24 heavy (non-hydrogen) atoms. The Morgan fingerprint density at radius 1 is 1.38 bits per heavy atom. The van der Waals surface area contributed by atoms with E-state index in [1.165, 1.54) is 23.5 Å². The van der Waals surface area contributed by atoms with E-state index < -0.39 is 0 Å². The Balaban J connectivity index is 1.69. The first-order valence-electron chi connectivity index (χ1n) is 8.02. The smallest absolute Gasteiger partial charge is 0.254 e. The number of hydrogen-bond donors (Lipinski definition) is 0. The molecule has 3 rings (SSSR count). The molecular weight excluding hydrogens is 327 g/mol. The van der Waals surface area contributed by atoms with Crippen LogP contribution in [0.3, 0.4) is 0 Å². The Bertz CT molecular complexity index is 742. The van der Waals surface area contributed by atoms with Crippen molar-refractivity contribution < 1.29 is 9.18 Å². The van der Waals surface area contributed by atoms with Gasteiger partial charge in [-0.3, -0.25) is 4.79 Å². The molecule has 0 saturated carbocycles. The second-order valence-electron chi connectivity index (χ2n) is 6.11. The zero-order valence-electron chi connectivity index (χ0n) is 13.5. The van der Waals surface area contributed by atoms with Crippen molar-refractivity contribution in [3.8, 4) is 0 Å². The van der Waals surface area contributed by atoms with E-state index in [0.717, 1.165) is 35.3 Å². The molecule has 1 unspecified atom stereocenters. The van der Waals surface area contributed by atoms with Crippen molar-refractivity contribution in [3.63, 3.8) is 0 Å². The molecule has 0 bridgehead atoms. The number of carbonyl (C=O) groups excluding carboxylic acids is 1. The van der Waals surface area contributed by atoms with E-state index in [1.807, 2.05) is 5.38 Å². The Labute approximate surface area is 144 Å². The van der Waals surface area contributed by atoms with E-state index in [9.17, 15) is 14.1 Å².